The molecule has 19 heavy (non-hydrogen) atoms. The van der Waals surface area contributed by atoms with Crippen LogP contribution in [0.5, 0.6) is 5.75 Å². The Balaban J connectivity index is 2.22. The number of aryl methyl sites for hydroxylation is 2. The van der Waals surface area contributed by atoms with Crippen LogP contribution in [0.15, 0.2) is 36.4 Å². The lowest BCUT2D eigenvalue weighted by Gasteiger charge is -2.07. The zero-order valence-corrected chi connectivity index (χ0v) is 10.7. The Hall–Kier alpha value is -2.36. The van der Waals surface area contributed by atoms with Crippen molar-refractivity contribution < 1.29 is 14.3 Å². The minimum Gasteiger partial charge on any atom is -0.508 e. The van der Waals surface area contributed by atoms with E-state index < -0.39 is 5.82 Å². The second-order valence-electron chi connectivity index (χ2n) is 4.47. The van der Waals surface area contributed by atoms with Crippen molar-refractivity contribution in [1.82, 2.24) is 0 Å². The van der Waals surface area contributed by atoms with Gasteiger partial charge in [0.1, 0.15) is 11.6 Å². The van der Waals surface area contributed by atoms with Gasteiger partial charge in [-0.05, 0) is 61.4 Å². The number of phenolic OH excluding ortho intramolecular Hbond substituents is 1. The zero-order valence-electron chi connectivity index (χ0n) is 10.7. The first kappa shape index (κ1) is 13.1. The van der Waals surface area contributed by atoms with Crippen LogP contribution in [0.3, 0.4) is 0 Å². The number of anilines is 1. The standard InChI is InChI=1S/C15H14FNO2/c1-9-5-12(16)8-13(6-9)17-15(19)11-3-4-14(18)10(2)7-11/h3-8,18H,1-2H3,(H,17,19). The van der Waals surface area contributed by atoms with Gasteiger partial charge in [0.25, 0.3) is 5.91 Å². The SMILES string of the molecule is Cc1cc(F)cc(NC(=O)c2ccc(O)c(C)c2)c1. The lowest BCUT2D eigenvalue weighted by molar-refractivity contribution is 0.102. The first-order valence-electron chi connectivity index (χ1n) is 5.84. The van der Waals surface area contributed by atoms with Crippen LogP contribution in [0.2, 0.25) is 0 Å². The summed E-state index contributed by atoms with van der Waals surface area (Å²) in [6.07, 6.45) is 0. The summed E-state index contributed by atoms with van der Waals surface area (Å²) in [7, 11) is 0. The summed E-state index contributed by atoms with van der Waals surface area (Å²) in [5.41, 5.74) is 2.17. The highest BCUT2D eigenvalue weighted by Gasteiger charge is 2.08. The third-order valence-electron chi connectivity index (χ3n) is 2.76. The molecular formula is C15H14FNO2. The second kappa shape index (κ2) is 5.10. The summed E-state index contributed by atoms with van der Waals surface area (Å²) >= 11 is 0. The topological polar surface area (TPSA) is 49.3 Å². The fourth-order valence-corrected chi connectivity index (χ4v) is 1.81. The number of halogens is 1. The number of rotatable bonds is 2. The Morgan fingerprint density at radius 3 is 2.53 bits per heavy atom. The molecule has 2 aromatic carbocycles. The van der Waals surface area contributed by atoms with Gasteiger partial charge in [-0.15, -0.1) is 0 Å². The molecule has 3 nitrogen and oxygen atoms in total. The summed E-state index contributed by atoms with van der Waals surface area (Å²) < 4.78 is 13.2. The van der Waals surface area contributed by atoms with Gasteiger partial charge < -0.3 is 10.4 Å². The first-order valence-corrected chi connectivity index (χ1v) is 5.84. The van der Waals surface area contributed by atoms with Crippen molar-refractivity contribution in [3.63, 3.8) is 0 Å². The van der Waals surface area contributed by atoms with Gasteiger partial charge in [-0.3, -0.25) is 4.79 Å². The van der Waals surface area contributed by atoms with Crippen molar-refractivity contribution in [3.05, 3.63) is 58.9 Å². The van der Waals surface area contributed by atoms with E-state index in [0.29, 0.717) is 16.8 Å². The number of hydrogen-bond acceptors (Lipinski definition) is 2. The number of nitrogens with one attached hydrogen (secondary N) is 1. The van der Waals surface area contributed by atoms with E-state index in [0.717, 1.165) is 5.56 Å². The monoisotopic (exact) mass is 259 g/mol. The molecule has 0 aromatic heterocycles. The van der Waals surface area contributed by atoms with Crippen molar-refractivity contribution >= 4 is 11.6 Å². The molecule has 2 rings (SSSR count). The van der Waals surface area contributed by atoms with E-state index in [1.54, 1.807) is 26.0 Å². The Morgan fingerprint density at radius 2 is 1.89 bits per heavy atom. The molecule has 0 unspecified atom stereocenters. The zero-order chi connectivity index (χ0) is 14.0. The van der Waals surface area contributed by atoms with Gasteiger partial charge in [0.15, 0.2) is 0 Å². The van der Waals surface area contributed by atoms with Crippen molar-refractivity contribution in [2.45, 2.75) is 13.8 Å². The molecule has 0 aliphatic rings. The fraction of sp³-hybridized carbons (Fsp3) is 0.133. The fourth-order valence-electron chi connectivity index (χ4n) is 1.81. The van der Waals surface area contributed by atoms with E-state index in [9.17, 15) is 14.3 Å². The molecule has 0 fully saturated rings. The number of benzene rings is 2. The average Bonchev–Trinajstić information content (AvgIpc) is 2.31. The molecule has 4 heteroatoms. The molecule has 2 aromatic rings. The maximum absolute atomic E-state index is 13.2. The van der Waals surface area contributed by atoms with Crippen LogP contribution in [-0.2, 0) is 0 Å². The number of aromatic hydroxyl groups is 1. The molecule has 0 bridgehead atoms. The summed E-state index contributed by atoms with van der Waals surface area (Å²) in [5, 5.41) is 12.0. The largest absolute Gasteiger partial charge is 0.508 e. The predicted octanol–water partition coefficient (Wildman–Crippen LogP) is 3.40. The smallest absolute Gasteiger partial charge is 0.255 e. The molecule has 98 valence electrons. The lowest BCUT2D eigenvalue weighted by atomic mass is 10.1. The normalized spacial score (nSPS) is 10.3. The van der Waals surface area contributed by atoms with Gasteiger partial charge in [-0.1, -0.05) is 0 Å². The molecule has 0 saturated heterocycles. The molecule has 0 aliphatic carbocycles. The number of phenols is 1. The van der Waals surface area contributed by atoms with Gasteiger partial charge in [-0.2, -0.15) is 0 Å². The van der Waals surface area contributed by atoms with E-state index >= 15 is 0 Å². The average molecular weight is 259 g/mol. The molecule has 0 heterocycles. The Bertz CT molecular complexity index is 618. The molecule has 0 aliphatic heterocycles. The summed E-state index contributed by atoms with van der Waals surface area (Å²) in [6.45, 7) is 3.46. The minimum absolute atomic E-state index is 0.137. The number of carbonyl (C=O) groups excluding carboxylic acids is 1. The molecule has 0 spiro atoms. The maximum atomic E-state index is 13.2. The first-order chi connectivity index (χ1) is 8.95. The van der Waals surface area contributed by atoms with Gasteiger partial charge in [0.05, 0.1) is 0 Å². The maximum Gasteiger partial charge on any atom is 0.255 e. The highest BCUT2D eigenvalue weighted by Crippen LogP contribution is 2.19. The van der Waals surface area contributed by atoms with Gasteiger partial charge in [0.2, 0.25) is 0 Å². The Labute approximate surface area is 110 Å². The molecule has 0 saturated carbocycles. The van der Waals surface area contributed by atoms with Crippen molar-refractivity contribution in [2.24, 2.45) is 0 Å². The van der Waals surface area contributed by atoms with Crippen LogP contribution in [0.25, 0.3) is 0 Å². The summed E-state index contributed by atoms with van der Waals surface area (Å²) in [6, 6.07) is 8.90. The molecule has 2 N–H and O–H groups in total. The van der Waals surface area contributed by atoms with E-state index in [-0.39, 0.29) is 11.7 Å². The van der Waals surface area contributed by atoms with Gasteiger partial charge in [0, 0.05) is 11.3 Å². The van der Waals surface area contributed by atoms with Gasteiger partial charge >= 0.3 is 0 Å². The van der Waals surface area contributed by atoms with Crippen molar-refractivity contribution in [2.75, 3.05) is 5.32 Å². The number of amides is 1. The lowest BCUT2D eigenvalue weighted by Crippen LogP contribution is -2.12. The van der Waals surface area contributed by atoms with E-state index in [1.165, 1.54) is 24.3 Å². The third kappa shape index (κ3) is 3.10. The van der Waals surface area contributed by atoms with Crippen LogP contribution in [0.1, 0.15) is 21.5 Å². The third-order valence-corrected chi connectivity index (χ3v) is 2.76. The predicted molar refractivity (Wildman–Crippen MR) is 71.9 cm³/mol. The van der Waals surface area contributed by atoms with E-state index in [4.69, 9.17) is 0 Å². The van der Waals surface area contributed by atoms with Crippen LogP contribution in [0.4, 0.5) is 10.1 Å². The highest BCUT2D eigenvalue weighted by molar-refractivity contribution is 6.04. The Morgan fingerprint density at radius 1 is 1.16 bits per heavy atom. The van der Waals surface area contributed by atoms with E-state index in [1.807, 2.05) is 0 Å². The van der Waals surface area contributed by atoms with Crippen molar-refractivity contribution in [3.8, 4) is 5.75 Å². The summed E-state index contributed by atoms with van der Waals surface area (Å²) in [4.78, 5) is 12.0. The molecule has 1 amide bonds. The Kier molecular flexibility index (Phi) is 3.51. The van der Waals surface area contributed by atoms with Crippen LogP contribution < -0.4 is 5.32 Å². The number of carbonyl (C=O) groups is 1. The van der Waals surface area contributed by atoms with Crippen molar-refractivity contribution in [1.29, 1.82) is 0 Å². The summed E-state index contributed by atoms with van der Waals surface area (Å²) in [5.74, 6) is -0.594. The highest BCUT2D eigenvalue weighted by atomic mass is 19.1. The van der Waals surface area contributed by atoms with Crippen LogP contribution in [0, 0.1) is 19.7 Å². The molecule has 0 radical (unpaired) electrons. The second-order valence-corrected chi connectivity index (χ2v) is 4.47. The molecular weight excluding hydrogens is 245 g/mol. The number of hydrogen-bond donors (Lipinski definition) is 2. The van der Waals surface area contributed by atoms with Gasteiger partial charge in [-0.25, -0.2) is 4.39 Å². The minimum atomic E-state index is -0.391. The van der Waals surface area contributed by atoms with Crippen LogP contribution in [-0.4, -0.2) is 11.0 Å². The van der Waals surface area contributed by atoms with E-state index in [2.05, 4.69) is 5.32 Å². The quantitative estimate of drug-likeness (QED) is 0.868. The van der Waals surface area contributed by atoms with Crippen LogP contribution >= 0.6 is 0 Å². The molecule has 0 atom stereocenters.